The van der Waals surface area contributed by atoms with Gasteiger partial charge in [0, 0.05) is 24.3 Å². The quantitative estimate of drug-likeness (QED) is 0.538. The van der Waals surface area contributed by atoms with Crippen molar-refractivity contribution < 1.29 is 0 Å². The van der Waals surface area contributed by atoms with E-state index in [1.54, 1.807) is 0 Å². The summed E-state index contributed by atoms with van der Waals surface area (Å²) < 4.78 is 0.154. The van der Waals surface area contributed by atoms with Crippen molar-refractivity contribution in [3.8, 4) is 0 Å². The number of aliphatic imine (C=N–C) groups is 1. The normalized spacial score (nSPS) is 12.6. The molecule has 0 spiro atoms. The summed E-state index contributed by atoms with van der Waals surface area (Å²) in [6.45, 7) is 8.93. The highest BCUT2D eigenvalue weighted by atomic mass is 32.2. The Balaban J connectivity index is 1.89. The third-order valence-corrected chi connectivity index (χ3v) is 4.84. The second-order valence-electron chi connectivity index (χ2n) is 6.04. The van der Waals surface area contributed by atoms with E-state index in [0.29, 0.717) is 0 Å². The molecule has 1 heterocycles. The summed E-state index contributed by atoms with van der Waals surface area (Å²) in [6, 6.07) is 8.11. The Hall–Kier alpha value is -1.69. The molecule has 0 atom stereocenters. The minimum atomic E-state index is 0.154. The molecule has 0 radical (unpaired) electrons. The molecular formula is C17H27N5S. The van der Waals surface area contributed by atoms with Crippen molar-refractivity contribution in [3.05, 3.63) is 30.1 Å². The highest BCUT2D eigenvalue weighted by Crippen LogP contribution is 2.20. The van der Waals surface area contributed by atoms with Crippen LogP contribution in [0, 0.1) is 0 Å². The lowest BCUT2D eigenvalue weighted by atomic mass is 10.2. The fourth-order valence-electron chi connectivity index (χ4n) is 2.10. The van der Waals surface area contributed by atoms with Gasteiger partial charge in [0.25, 0.3) is 0 Å². The maximum Gasteiger partial charge on any atom is 0.191 e. The van der Waals surface area contributed by atoms with Gasteiger partial charge in [-0.1, -0.05) is 12.1 Å². The van der Waals surface area contributed by atoms with E-state index >= 15 is 0 Å². The number of fused-ring (bicyclic) bond motifs is 1. The molecule has 0 aliphatic heterocycles. The van der Waals surface area contributed by atoms with E-state index in [2.05, 4.69) is 58.7 Å². The number of nitrogens with one attached hydrogen (secondary N) is 3. The molecule has 1 aromatic carbocycles. The zero-order valence-electron chi connectivity index (χ0n) is 14.4. The molecule has 0 unspecified atom stereocenters. The molecule has 126 valence electrons. The second-order valence-corrected chi connectivity index (χ2v) is 7.55. The highest BCUT2D eigenvalue weighted by Gasteiger charge is 2.15. The van der Waals surface area contributed by atoms with Gasteiger partial charge in [0.05, 0.1) is 17.6 Å². The number of hydrogen-bond donors (Lipinski definition) is 3. The molecule has 0 amide bonds. The number of thioether (sulfide) groups is 1. The Labute approximate surface area is 142 Å². The van der Waals surface area contributed by atoms with E-state index in [0.717, 1.165) is 48.9 Å². The van der Waals surface area contributed by atoms with Crippen LogP contribution in [0.2, 0.25) is 0 Å². The maximum atomic E-state index is 4.67. The molecule has 1 aromatic heterocycles. The van der Waals surface area contributed by atoms with Crippen LogP contribution in [0.25, 0.3) is 11.0 Å². The molecule has 0 aliphatic carbocycles. The summed E-state index contributed by atoms with van der Waals surface area (Å²) in [4.78, 5) is 12.6. The first-order valence-corrected chi connectivity index (χ1v) is 9.27. The van der Waals surface area contributed by atoms with Gasteiger partial charge in [0.15, 0.2) is 5.96 Å². The van der Waals surface area contributed by atoms with Crippen molar-refractivity contribution in [3.63, 3.8) is 0 Å². The maximum absolute atomic E-state index is 4.67. The smallest absolute Gasteiger partial charge is 0.191 e. The minimum Gasteiger partial charge on any atom is -0.357 e. The van der Waals surface area contributed by atoms with Gasteiger partial charge in [-0.2, -0.15) is 11.8 Å². The molecule has 2 rings (SSSR count). The number of aromatic amines is 1. The molecule has 0 fully saturated rings. The third kappa shape index (κ3) is 5.46. The van der Waals surface area contributed by atoms with Crippen LogP contribution >= 0.6 is 11.8 Å². The van der Waals surface area contributed by atoms with E-state index in [4.69, 9.17) is 0 Å². The lowest BCUT2D eigenvalue weighted by Gasteiger charge is -2.20. The van der Waals surface area contributed by atoms with Crippen molar-refractivity contribution in [1.82, 2.24) is 20.6 Å². The zero-order chi connectivity index (χ0) is 16.7. The Morgan fingerprint density at radius 1 is 1.30 bits per heavy atom. The molecule has 3 N–H and O–H groups in total. The molecule has 0 saturated heterocycles. The number of rotatable bonds is 7. The number of aromatic nitrogens is 2. The molecule has 0 bridgehead atoms. The lowest BCUT2D eigenvalue weighted by molar-refractivity contribution is 0.708. The van der Waals surface area contributed by atoms with Crippen LogP contribution in [0.15, 0.2) is 29.3 Å². The topological polar surface area (TPSA) is 65.1 Å². The van der Waals surface area contributed by atoms with Crippen molar-refractivity contribution in [2.75, 3.05) is 25.9 Å². The number of H-pyrrole nitrogens is 1. The predicted molar refractivity (Wildman–Crippen MR) is 101 cm³/mol. The summed E-state index contributed by atoms with van der Waals surface area (Å²) in [6.07, 6.45) is 2.96. The predicted octanol–water partition coefficient (Wildman–Crippen LogP) is 2.80. The van der Waals surface area contributed by atoms with Gasteiger partial charge in [-0.05, 0) is 39.2 Å². The first-order chi connectivity index (χ1) is 11.0. The van der Waals surface area contributed by atoms with Gasteiger partial charge in [0.1, 0.15) is 5.82 Å². The standard InChI is InChI=1S/C17H27N5S/c1-5-18-16(20-12-17(2,3)23-4)19-11-10-15-21-13-8-6-7-9-14(13)22-15/h6-9H,5,10-12H2,1-4H3,(H,21,22)(H2,18,19,20). The van der Waals surface area contributed by atoms with E-state index < -0.39 is 0 Å². The summed E-state index contributed by atoms with van der Waals surface area (Å²) in [5.41, 5.74) is 2.11. The number of benzene rings is 1. The van der Waals surface area contributed by atoms with Gasteiger partial charge >= 0.3 is 0 Å². The molecule has 23 heavy (non-hydrogen) atoms. The van der Waals surface area contributed by atoms with Crippen molar-refractivity contribution in [1.29, 1.82) is 0 Å². The van der Waals surface area contributed by atoms with Crippen LogP contribution in [0.5, 0.6) is 0 Å². The molecule has 6 heteroatoms. The molecule has 5 nitrogen and oxygen atoms in total. The van der Waals surface area contributed by atoms with E-state index in [1.807, 2.05) is 30.0 Å². The average Bonchev–Trinajstić information content (AvgIpc) is 2.95. The number of nitrogens with zero attached hydrogens (tertiary/aromatic N) is 2. The molecule has 0 saturated carbocycles. The van der Waals surface area contributed by atoms with Crippen LogP contribution in [-0.4, -0.2) is 46.6 Å². The van der Waals surface area contributed by atoms with Crippen molar-refractivity contribution in [2.24, 2.45) is 4.99 Å². The SMILES string of the molecule is CCNC(=NCC(C)(C)SC)NCCc1nc2ccccc2[nH]1. The Morgan fingerprint density at radius 2 is 2.09 bits per heavy atom. The second kappa shape index (κ2) is 8.24. The summed E-state index contributed by atoms with van der Waals surface area (Å²) in [7, 11) is 0. The number of guanidine groups is 1. The highest BCUT2D eigenvalue weighted by molar-refractivity contribution is 7.99. The molecule has 2 aromatic rings. The molecular weight excluding hydrogens is 306 g/mol. The van der Waals surface area contributed by atoms with E-state index in [1.165, 1.54) is 0 Å². The van der Waals surface area contributed by atoms with Gasteiger partial charge < -0.3 is 15.6 Å². The van der Waals surface area contributed by atoms with Crippen LogP contribution in [-0.2, 0) is 6.42 Å². The summed E-state index contributed by atoms with van der Waals surface area (Å²) in [5, 5.41) is 6.67. The first kappa shape index (κ1) is 17.7. The minimum absolute atomic E-state index is 0.154. The number of hydrogen-bond acceptors (Lipinski definition) is 3. The first-order valence-electron chi connectivity index (χ1n) is 8.05. The zero-order valence-corrected chi connectivity index (χ0v) is 15.3. The van der Waals surface area contributed by atoms with Crippen LogP contribution in [0.3, 0.4) is 0 Å². The van der Waals surface area contributed by atoms with Gasteiger partial charge in [-0.15, -0.1) is 0 Å². The average molecular weight is 334 g/mol. The van der Waals surface area contributed by atoms with Crippen molar-refractivity contribution >= 4 is 28.8 Å². The van der Waals surface area contributed by atoms with Crippen LogP contribution in [0.1, 0.15) is 26.6 Å². The van der Waals surface area contributed by atoms with Gasteiger partial charge in [-0.25, -0.2) is 4.98 Å². The van der Waals surface area contributed by atoms with E-state index in [-0.39, 0.29) is 4.75 Å². The van der Waals surface area contributed by atoms with Gasteiger partial charge in [0.2, 0.25) is 0 Å². The number of para-hydroxylation sites is 2. The lowest BCUT2D eigenvalue weighted by Crippen LogP contribution is -2.39. The summed E-state index contributed by atoms with van der Waals surface area (Å²) in [5.74, 6) is 1.87. The fraction of sp³-hybridized carbons (Fsp3) is 0.529. The Morgan fingerprint density at radius 3 is 2.78 bits per heavy atom. The van der Waals surface area contributed by atoms with Crippen LogP contribution in [0.4, 0.5) is 0 Å². The summed E-state index contributed by atoms with van der Waals surface area (Å²) >= 11 is 1.83. The van der Waals surface area contributed by atoms with Crippen LogP contribution < -0.4 is 10.6 Å². The van der Waals surface area contributed by atoms with Gasteiger partial charge in [-0.3, -0.25) is 4.99 Å². The monoisotopic (exact) mass is 333 g/mol. The third-order valence-electron chi connectivity index (χ3n) is 3.61. The Kier molecular flexibility index (Phi) is 6.33. The molecule has 0 aliphatic rings. The Bertz CT molecular complexity index is 614. The number of imidazole rings is 1. The van der Waals surface area contributed by atoms with E-state index in [9.17, 15) is 0 Å². The fourth-order valence-corrected chi connectivity index (χ4v) is 2.29. The largest absolute Gasteiger partial charge is 0.357 e. The van der Waals surface area contributed by atoms with Crippen molar-refractivity contribution in [2.45, 2.75) is 31.9 Å².